The molecule has 0 amide bonds. The van der Waals surface area contributed by atoms with Gasteiger partial charge in [0.1, 0.15) is 0 Å². The smallest absolute Gasteiger partial charge is 0.414 e. The van der Waals surface area contributed by atoms with Crippen molar-refractivity contribution in [2.24, 2.45) is 0 Å². The Morgan fingerprint density at radius 3 is 2.11 bits per heavy atom. The van der Waals surface area contributed by atoms with Crippen LogP contribution in [0.5, 0.6) is 11.5 Å². The molecular formula is C19H30N2O6. The average Bonchev–Trinajstić information content (AvgIpc) is 2.63. The summed E-state index contributed by atoms with van der Waals surface area (Å²) >= 11 is 0. The van der Waals surface area contributed by atoms with Gasteiger partial charge in [0, 0.05) is 38.8 Å². The number of rotatable bonds is 6. The number of benzene rings is 1. The molecule has 0 aliphatic carbocycles. The van der Waals surface area contributed by atoms with Gasteiger partial charge in [0.15, 0.2) is 11.5 Å². The summed E-state index contributed by atoms with van der Waals surface area (Å²) in [5.41, 5.74) is 1.29. The van der Waals surface area contributed by atoms with Crippen molar-refractivity contribution in [3.05, 3.63) is 23.8 Å². The van der Waals surface area contributed by atoms with Gasteiger partial charge >= 0.3 is 11.9 Å². The van der Waals surface area contributed by atoms with Crippen LogP contribution in [0.3, 0.4) is 0 Å². The first-order valence-electron chi connectivity index (χ1n) is 9.00. The number of carbonyl (C=O) groups is 2. The minimum atomic E-state index is -1.82. The summed E-state index contributed by atoms with van der Waals surface area (Å²) < 4.78 is 11.0. The first-order valence-corrected chi connectivity index (χ1v) is 9.00. The van der Waals surface area contributed by atoms with Gasteiger partial charge in [-0.2, -0.15) is 0 Å². The van der Waals surface area contributed by atoms with E-state index < -0.39 is 11.9 Å². The number of carboxylic acid groups (broad SMARTS) is 2. The van der Waals surface area contributed by atoms with Gasteiger partial charge in [-0.25, -0.2) is 9.59 Å². The van der Waals surface area contributed by atoms with E-state index in [1.807, 2.05) is 13.0 Å². The first-order chi connectivity index (χ1) is 12.8. The van der Waals surface area contributed by atoms with Crippen LogP contribution in [0.2, 0.25) is 0 Å². The monoisotopic (exact) mass is 382 g/mol. The van der Waals surface area contributed by atoms with Crippen molar-refractivity contribution in [3.8, 4) is 11.5 Å². The van der Waals surface area contributed by atoms with E-state index >= 15 is 0 Å². The van der Waals surface area contributed by atoms with Crippen molar-refractivity contribution in [3.63, 3.8) is 0 Å². The summed E-state index contributed by atoms with van der Waals surface area (Å²) in [6.07, 6.45) is 0. The molecule has 27 heavy (non-hydrogen) atoms. The van der Waals surface area contributed by atoms with Gasteiger partial charge in [-0.05, 0) is 38.5 Å². The topological polar surface area (TPSA) is 99.5 Å². The molecule has 8 heteroatoms. The van der Waals surface area contributed by atoms with Crippen LogP contribution in [0.15, 0.2) is 18.2 Å². The largest absolute Gasteiger partial charge is 0.493 e. The second-order valence-electron chi connectivity index (χ2n) is 6.43. The zero-order valence-corrected chi connectivity index (χ0v) is 16.5. The second-order valence-corrected chi connectivity index (χ2v) is 6.43. The van der Waals surface area contributed by atoms with Crippen LogP contribution < -0.4 is 9.47 Å². The number of nitrogens with zero attached hydrogens (tertiary/aromatic N) is 2. The molecule has 1 aliphatic heterocycles. The molecule has 1 saturated heterocycles. The van der Waals surface area contributed by atoms with Crippen LogP contribution in [-0.4, -0.2) is 77.9 Å². The first kappa shape index (κ1) is 22.7. The lowest BCUT2D eigenvalue weighted by Gasteiger charge is -2.37. The van der Waals surface area contributed by atoms with Gasteiger partial charge in [0.25, 0.3) is 0 Å². The van der Waals surface area contributed by atoms with Gasteiger partial charge in [-0.3, -0.25) is 9.80 Å². The number of ether oxygens (including phenoxy) is 2. The highest BCUT2D eigenvalue weighted by atomic mass is 16.5. The van der Waals surface area contributed by atoms with Crippen LogP contribution in [0, 0.1) is 0 Å². The van der Waals surface area contributed by atoms with Gasteiger partial charge in [-0.15, -0.1) is 0 Å². The number of carboxylic acids is 2. The molecule has 0 aromatic heterocycles. The highest BCUT2D eigenvalue weighted by Crippen LogP contribution is 2.28. The van der Waals surface area contributed by atoms with Gasteiger partial charge in [0.05, 0.1) is 13.7 Å². The fourth-order valence-corrected chi connectivity index (χ4v) is 2.78. The zero-order valence-electron chi connectivity index (χ0n) is 16.5. The van der Waals surface area contributed by atoms with E-state index in [0.29, 0.717) is 12.6 Å². The number of hydrogen-bond donors (Lipinski definition) is 2. The molecule has 0 unspecified atom stereocenters. The fraction of sp³-hybridized carbons (Fsp3) is 0.579. The molecule has 1 heterocycles. The molecule has 2 rings (SSSR count). The van der Waals surface area contributed by atoms with Crippen molar-refractivity contribution in [1.82, 2.24) is 9.80 Å². The third kappa shape index (κ3) is 7.84. The number of piperazine rings is 1. The van der Waals surface area contributed by atoms with Crippen molar-refractivity contribution in [1.29, 1.82) is 0 Å². The quantitative estimate of drug-likeness (QED) is 0.718. The van der Waals surface area contributed by atoms with E-state index in [1.165, 1.54) is 5.56 Å². The predicted molar refractivity (Wildman–Crippen MR) is 101 cm³/mol. The molecule has 0 saturated carbocycles. The third-order valence-corrected chi connectivity index (χ3v) is 4.25. The predicted octanol–water partition coefficient (Wildman–Crippen LogP) is 1.78. The van der Waals surface area contributed by atoms with Crippen LogP contribution in [0.1, 0.15) is 26.3 Å². The van der Waals surface area contributed by atoms with Crippen LogP contribution in [0.4, 0.5) is 0 Å². The lowest BCUT2D eigenvalue weighted by Crippen LogP contribution is -2.48. The fourth-order valence-electron chi connectivity index (χ4n) is 2.78. The van der Waals surface area contributed by atoms with Crippen molar-refractivity contribution >= 4 is 11.9 Å². The SMILES string of the molecule is CCOc1cc(CN2CCN(C(C)C)CC2)ccc1OC.O=C(O)C(=O)O. The normalized spacial score (nSPS) is 15.0. The molecular weight excluding hydrogens is 352 g/mol. The van der Waals surface area contributed by atoms with E-state index in [-0.39, 0.29) is 0 Å². The molecule has 1 fully saturated rings. The van der Waals surface area contributed by atoms with Gasteiger partial charge in [0.2, 0.25) is 0 Å². The van der Waals surface area contributed by atoms with E-state index in [1.54, 1.807) is 7.11 Å². The van der Waals surface area contributed by atoms with Gasteiger partial charge < -0.3 is 19.7 Å². The lowest BCUT2D eigenvalue weighted by atomic mass is 10.1. The molecule has 2 N–H and O–H groups in total. The standard InChI is InChI=1S/C17H28N2O2.C2H2O4/c1-5-21-17-12-15(6-7-16(17)20-4)13-18-8-10-19(11-9-18)14(2)3;3-1(4)2(5)6/h6-7,12,14H,5,8-11,13H2,1-4H3;(H,3,4)(H,5,6). The Morgan fingerprint density at radius 1 is 1.07 bits per heavy atom. The summed E-state index contributed by atoms with van der Waals surface area (Å²) in [5.74, 6) is -1.99. The van der Waals surface area contributed by atoms with Crippen molar-refractivity contribution in [2.45, 2.75) is 33.4 Å². The minimum Gasteiger partial charge on any atom is -0.493 e. The molecule has 0 radical (unpaired) electrons. The minimum absolute atomic E-state index is 0.651. The molecule has 8 nitrogen and oxygen atoms in total. The maximum atomic E-state index is 9.10. The summed E-state index contributed by atoms with van der Waals surface area (Å²) in [7, 11) is 1.68. The van der Waals surface area contributed by atoms with E-state index in [4.69, 9.17) is 29.3 Å². The van der Waals surface area contributed by atoms with Crippen LogP contribution >= 0.6 is 0 Å². The maximum Gasteiger partial charge on any atom is 0.414 e. The van der Waals surface area contributed by atoms with Crippen molar-refractivity contribution < 1.29 is 29.3 Å². The molecule has 1 aromatic carbocycles. The Balaban J connectivity index is 0.000000527. The van der Waals surface area contributed by atoms with Crippen LogP contribution in [0.25, 0.3) is 0 Å². The molecule has 0 bridgehead atoms. The summed E-state index contributed by atoms with van der Waals surface area (Å²) in [6.45, 7) is 12.8. The lowest BCUT2D eigenvalue weighted by molar-refractivity contribution is -0.159. The molecule has 0 spiro atoms. The van der Waals surface area contributed by atoms with E-state index in [2.05, 4.69) is 35.8 Å². The summed E-state index contributed by atoms with van der Waals surface area (Å²) in [4.78, 5) is 23.2. The summed E-state index contributed by atoms with van der Waals surface area (Å²) in [5, 5.41) is 14.8. The highest BCUT2D eigenvalue weighted by Gasteiger charge is 2.19. The number of hydrogen-bond acceptors (Lipinski definition) is 6. The third-order valence-electron chi connectivity index (χ3n) is 4.25. The Bertz CT molecular complexity index is 600. The Kier molecular flexibility index (Phi) is 9.60. The van der Waals surface area contributed by atoms with Crippen molar-refractivity contribution in [2.75, 3.05) is 39.9 Å². The van der Waals surface area contributed by atoms with Gasteiger partial charge in [-0.1, -0.05) is 6.07 Å². The molecule has 1 aliphatic rings. The second kappa shape index (κ2) is 11.4. The maximum absolute atomic E-state index is 9.10. The highest BCUT2D eigenvalue weighted by molar-refractivity contribution is 6.27. The summed E-state index contributed by atoms with van der Waals surface area (Å²) in [6, 6.07) is 6.90. The number of methoxy groups -OCH3 is 1. The van der Waals surface area contributed by atoms with Crippen LogP contribution in [-0.2, 0) is 16.1 Å². The van der Waals surface area contributed by atoms with E-state index in [0.717, 1.165) is 44.2 Å². The Morgan fingerprint density at radius 2 is 1.67 bits per heavy atom. The Hall–Kier alpha value is -2.32. The molecule has 0 atom stereocenters. The van der Waals surface area contributed by atoms with E-state index in [9.17, 15) is 0 Å². The molecule has 152 valence electrons. The number of aliphatic carboxylic acids is 2. The Labute approximate surface area is 160 Å². The zero-order chi connectivity index (χ0) is 20.4. The average molecular weight is 382 g/mol. The molecule has 1 aromatic rings.